The van der Waals surface area contributed by atoms with Crippen molar-refractivity contribution in [3.8, 4) is 11.5 Å². The van der Waals surface area contributed by atoms with Crippen molar-refractivity contribution in [2.75, 3.05) is 13.3 Å². The Hall–Kier alpha value is -4.21. The molecule has 0 atom stereocenters. The van der Waals surface area contributed by atoms with Crippen LogP contribution in [-0.4, -0.2) is 38.6 Å². The van der Waals surface area contributed by atoms with E-state index in [4.69, 9.17) is 9.47 Å². The molecule has 9 nitrogen and oxygen atoms in total. The topological polar surface area (TPSA) is 100 Å². The van der Waals surface area contributed by atoms with Crippen molar-refractivity contribution in [1.82, 2.24) is 24.6 Å². The number of hydrogen-bond donors (Lipinski definition) is 1. The first-order valence-electron chi connectivity index (χ1n) is 9.92. The number of aromatic nitrogens is 4. The van der Waals surface area contributed by atoms with Crippen LogP contribution < -0.4 is 20.3 Å². The molecule has 2 aromatic carbocycles. The van der Waals surface area contributed by atoms with E-state index in [-0.39, 0.29) is 37.2 Å². The molecular weight excluding hydrogens is 417 g/mol. The molecule has 0 saturated heterocycles. The highest BCUT2D eigenvalue weighted by molar-refractivity contribution is 5.94. The van der Waals surface area contributed by atoms with E-state index in [0.717, 1.165) is 0 Å². The van der Waals surface area contributed by atoms with E-state index in [0.29, 0.717) is 40.2 Å². The van der Waals surface area contributed by atoms with Crippen molar-refractivity contribution in [1.29, 1.82) is 0 Å². The van der Waals surface area contributed by atoms with E-state index in [9.17, 15) is 14.0 Å². The number of nitrogens with one attached hydrogen (secondary N) is 1. The number of rotatable bonds is 6. The summed E-state index contributed by atoms with van der Waals surface area (Å²) in [6.07, 6.45) is 2.81. The quantitative estimate of drug-likeness (QED) is 0.497. The maximum atomic E-state index is 13.9. The van der Waals surface area contributed by atoms with Crippen molar-refractivity contribution in [2.45, 2.75) is 13.1 Å². The Morgan fingerprint density at radius 3 is 2.88 bits per heavy atom. The second-order valence-corrected chi connectivity index (χ2v) is 7.20. The highest BCUT2D eigenvalue weighted by Gasteiger charge is 2.16. The van der Waals surface area contributed by atoms with Crippen molar-refractivity contribution in [3.63, 3.8) is 0 Å². The van der Waals surface area contributed by atoms with Crippen LogP contribution >= 0.6 is 0 Å². The Morgan fingerprint density at radius 2 is 2.00 bits per heavy atom. The minimum absolute atomic E-state index is 0.0746. The van der Waals surface area contributed by atoms with Crippen LogP contribution in [0.5, 0.6) is 11.5 Å². The Kier molecular flexibility index (Phi) is 5.02. The number of ether oxygens (including phenoxy) is 2. The summed E-state index contributed by atoms with van der Waals surface area (Å²) in [6, 6.07) is 11.3. The van der Waals surface area contributed by atoms with Crippen LogP contribution in [-0.2, 0) is 13.1 Å². The number of nitrogens with zero attached hydrogens (tertiary/aromatic N) is 4. The fraction of sp³-hybridized carbons (Fsp3) is 0.182. The molecular formula is C22H18FN5O4. The highest BCUT2D eigenvalue weighted by atomic mass is 19.1. The van der Waals surface area contributed by atoms with Crippen LogP contribution in [0.25, 0.3) is 11.0 Å². The summed E-state index contributed by atoms with van der Waals surface area (Å²) in [7, 11) is 0. The molecule has 0 fully saturated rings. The van der Waals surface area contributed by atoms with E-state index in [2.05, 4.69) is 15.4 Å². The van der Waals surface area contributed by atoms with Gasteiger partial charge in [-0.05, 0) is 24.3 Å². The molecule has 1 aliphatic heterocycles. The molecule has 0 radical (unpaired) electrons. The summed E-state index contributed by atoms with van der Waals surface area (Å²) in [5.74, 6) is 0.497. The van der Waals surface area contributed by atoms with E-state index < -0.39 is 0 Å². The monoisotopic (exact) mass is 435 g/mol. The number of hydrogen-bond acceptors (Lipinski definition) is 6. The van der Waals surface area contributed by atoms with Gasteiger partial charge in [-0.1, -0.05) is 18.2 Å². The van der Waals surface area contributed by atoms with Crippen LogP contribution in [0, 0.1) is 5.82 Å². The summed E-state index contributed by atoms with van der Waals surface area (Å²) >= 11 is 0. The average Bonchev–Trinajstić information content (AvgIpc) is 3.44. The third kappa shape index (κ3) is 3.66. The molecule has 1 aliphatic rings. The maximum absolute atomic E-state index is 13.9. The standard InChI is InChI=1S/C22H18FN5O4/c23-17-4-2-1-3-15(17)11-27-12-25-20-16(22(27)30)10-26-28(20)8-7-24-21(29)14-5-6-18-19(9-14)32-13-31-18/h1-6,9-10,12H,7-8,11,13H2,(H,24,29). The zero-order valence-corrected chi connectivity index (χ0v) is 16.8. The molecule has 0 unspecified atom stereocenters. The van der Waals surface area contributed by atoms with Crippen LogP contribution in [0.1, 0.15) is 15.9 Å². The first kappa shape index (κ1) is 19.7. The normalized spacial score (nSPS) is 12.3. The second-order valence-electron chi connectivity index (χ2n) is 7.20. The molecule has 0 bridgehead atoms. The van der Waals surface area contributed by atoms with Crippen LogP contribution in [0.3, 0.4) is 0 Å². The van der Waals surface area contributed by atoms with Crippen molar-refractivity contribution >= 4 is 16.9 Å². The molecule has 162 valence electrons. The van der Waals surface area contributed by atoms with Crippen molar-refractivity contribution in [3.05, 3.63) is 82.3 Å². The van der Waals surface area contributed by atoms with Gasteiger partial charge in [0.15, 0.2) is 17.1 Å². The van der Waals surface area contributed by atoms with Gasteiger partial charge in [-0.25, -0.2) is 14.1 Å². The van der Waals surface area contributed by atoms with E-state index in [1.807, 2.05) is 0 Å². The minimum Gasteiger partial charge on any atom is -0.454 e. The lowest BCUT2D eigenvalue weighted by molar-refractivity contribution is 0.0951. The lowest BCUT2D eigenvalue weighted by Gasteiger charge is -2.08. The van der Waals surface area contributed by atoms with Crippen molar-refractivity contribution < 1.29 is 18.7 Å². The van der Waals surface area contributed by atoms with Gasteiger partial charge < -0.3 is 14.8 Å². The number of benzene rings is 2. The Labute approximate surface area is 181 Å². The molecule has 4 aromatic rings. The minimum atomic E-state index is -0.381. The fourth-order valence-corrected chi connectivity index (χ4v) is 3.50. The molecule has 1 amide bonds. The van der Waals surface area contributed by atoms with E-state index in [1.54, 1.807) is 41.1 Å². The van der Waals surface area contributed by atoms with E-state index in [1.165, 1.54) is 23.2 Å². The van der Waals surface area contributed by atoms with Crippen molar-refractivity contribution in [2.24, 2.45) is 0 Å². The van der Waals surface area contributed by atoms with Gasteiger partial charge in [0, 0.05) is 17.7 Å². The number of fused-ring (bicyclic) bond motifs is 2. The van der Waals surface area contributed by atoms with Crippen LogP contribution in [0.4, 0.5) is 4.39 Å². The van der Waals surface area contributed by atoms with E-state index >= 15 is 0 Å². The smallest absolute Gasteiger partial charge is 0.264 e. The van der Waals surface area contributed by atoms with Gasteiger partial charge in [0.25, 0.3) is 11.5 Å². The van der Waals surface area contributed by atoms with Gasteiger partial charge in [-0.3, -0.25) is 14.2 Å². The lowest BCUT2D eigenvalue weighted by Crippen LogP contribution is -2.27. The zero-order chi connectivity index (χ0) is 22.1. The van der Waals surface area contributed by atoms with Gasteiger partial charge in [0.1, 0.15) is 17.5 Å². The number of carbonyl (C=O) groups is 1. The number of halogens is 1. The predicted octanol–water partition coefficient (Wildman–Crippen LogP) is 1.94. The molecule has 10 heteroatoms. The molecule has 32 heavy (non-hydrogen) atoms. The third-order valence-corrected chi connectivity index (χ3v) is 5.16. The first-order chi connectivity index (χ1) is 15.6. The first-order valence-corrected chi connectivity index (χ1v) is 9.92. The average molecular weight is 435 g/mol. The number of amides is 1. The third-order valence-electron chi connectivity index (χ3n) is 5.16. The van der Waals surface area contributed by atoms with Gasteiger partial charge in [-0.2, -0.15) is 5.10 Å². The predicted molar refractivity (Wildman–Crippen MR) is 112 cm³/mol. The number of carbonyl (C=O) groups excluding carboxylic acids is 1. The molecule has 0 aliphatic carbocycles. The summed E-state index contributed by atoms with van der Waals surface area (Å²) in [5.41, 5.74) is 0.939. The fourth-order valence-electron chi connectivity index (χ4n) is 3.50. The van der Waals surface area contributed by atoms with Crippen LogP contribution in [0.2, 0.25) is 0 Å². The molecule has 1 N–H and O–H groups in total. The van der Waals surface area contributed by atoms with Gasteiger partial charge in [0.05, 0.1) is 19.3 Å². The molecule has 2 aromatic heterocycles. The largest absolute Gasteiger partial charge is 0.454 e. The Bertz CT molecular complexity index is 1380. The van der Waals surface area contributed by atoms with Crippen LogP contribution in [0.15, 0.2) is 59.8 Å². The van der Waals surface area contributed by atoms with Gasteiger partial charge in [-0.15, -0.1) is 0 Å². The molecule has 0 saturated carbocycles. The SMILES string of the molecule is O=C(NCCn1ncc2c(=O)n(Cc3ccccc3F)cnc21)c1ccc2c(c1)OCO2. The summed E-state index contributed by atoms with van der Waals surface area (Å²) in [4.78, 5) is 29.5. The molecule has 5 rings (SSSR count). The van der Waals surface area contributed by atoms with Gasteiger partial charge in [0.2, 0.25) is 6.79 Å². The Morgan fingerprint density at radius 1 is 1.16 bits per heavy atom. The lowest BCUT2D eigenvalue weighted by atomic mass is 10.2. The highest BCUT2D eigenvalue weighted by Crippen LogP contribution is 2.32. The zero-order valence-electron chi connectivity index (χ0n) is 16.8. The molecule has 3 heterocycles. The molecule has 0 spiro atoms. The second kappa shape index (κ2) is 8.14. The summed E-state index contributed by atoms with van der Waals surface area (Å²) < 4.78 is 27.3. The summed E-state index contributed by atoms with van der Waals surface area (Å²) in [6.45, 7) is 0.820. The van der Waals surface area contributed by atoms with Gasteiger partial charge >= 0.3 is 0 Å². The maximum Gasteiger partial charge on any atom is 0.264 e. The summed E-state index contributed by atoms with van der Waals surface area (Å²) in [5, 5.41) is 7.35. The Balaban J connectivity index is 1.27.